The van der Waals surface area contributed by atoms with Gasteiger partial charge in [0.05, 0.1) is 0 Å². The highest BCUT2D eigenvalue weighted by Crippen LogP contribution is 2.27. The largest absolute Gasteiger partial charge is 0.330 e. The van der Waals surface area contributed by atoms with Gasteiger partial charge in [-0.2, -0.15) is 0 Å². The molecule has 1 aromatic carbocycles. The summed E-state index contributed by atoms with van der Waals surface area (Å²) in [5.74, 6) is 0.244. The molecule has 1 nitrogen and oxygen atoms in total. The Hall–Kier alpha value is -0.960. The van der Waals surface area contributed by atoms with Crippen molar-refractivity contribution in [3.8, 4) is 0 Å². The van der Waals surface area contributed by atoms with E-state index in [0.717, 1.165) is 12.0 Å². The van der Waals surface area contributed by atoms with Crippen molar-refractivity contribution >= 4 is 0 Å². The molecule has 1 rings (SSSR count). The summed E-state index contributed by atoms with van der Waals surface area (Å²) in [5, 5.41) is 0. The van der Waals surface area contributed by atoms with Crippen molar-refractivity contribution in [2.45, 2.75) is 32.6 Å². The normalized spacial score (nSPS) is 13.2. The van der Waals surface area contributed by atoms with Crippen LogP contribution in [0.4, 0.5) is 8.78 Å². The molecule has 84 valence electrons. The van der Waals surface area contributed by atoms with Crippen molar-refractivity contribution < 1.29 is 8.78 Å². The Bertz CT molecular complexity index is 323. The molecular formula is C12H17F2N. The summed E-state index contributed by atoms with van der Waals surface area (Å²) in [6, 6.07) is 5.26. The fourth-order valence-corrected chi connectivity index (χ4v) is 1.62. The van der Waals surface area contributed by atoms with Crippen LogP contribution in [0.2, 0.25) is 0 Å². The highest BCUT2D eigenvalue weighted by atomic mass is 19.3. The number of alkyl halides is 2. The van der Waals surface area contributed by atoms with Crippen molar-refractivity contribution in [1.82, 2.24) is 0 Å². The maximum atomic E-state index is 12.6. The molecule has 0 aliphatic rings. The molecule has 1 aromatic rings. The topological polar surface area (TPSA) is 26.0 Å². The van der Waals surface area contributed by atoms with Crippen LogP contribution in [-0.4, -0.2) is 6.54 Å². The highest BCUT2D eigenvalue weighted by Gasteiger charge is 2.13. The predicted molar refractivity (Wildman–Crippen MR) is 58.2 cm³/mol. The molecule has 0 aromatic heterocycles. The SMILES string of the molecule is Cc1ccc(C(C)CCN)cc1C(F)F. The van der Waals surface area contributed by atoms with Gasteiger partial charge in [0.2, 0.25) is 0 Å². The number of halogens is 2. The van der Waals surface area contributed by atoms with Crippen molar-refractivity contribution in [3.05, 3.63) is 34.9 Å². The third-order valence-electron chi connectivity index (χ3n) is 2.71. The molecule has 0 spiro atoms. The number of hydrogen-bond donors (Lipinski definition) is 1. The van der Waals surface area contributed by atoms with Gasteiger partial charge in [0, 0.05) is 5.56 Å². The Kier molecular flexibility index (Phi) is 4.21. The van der Waals surface area contributed by atoms with Crippen LogP contribution in [0.5, 0.6) is 0 Å². The Labute approximate surface area is 89.3 Å². The lowest BCUT2D eigenvalue weighted by molar-refractivity contribution is 0.150. The summed E-state index contributed by atoms with van der Waals surface area (Å²) >= 11 is 0. The first-order chi connectivity index (χ1) is 7.06. The first kappa shape index (κ1) is 12.1. The molecule has 0 saturated carbocycles. The lowest BCUT2D eigenvalue weighted by Gasteiger charge is -2.13. The molecule has 0 heterocycles. The van der Waals surface area contributed by atoms with Crippen LogP contribution in [-0.2, 0) is 0 Å². The summed E-state index contributed by atoms with van der Waals surface area (Å²) < 4.78 is 25.3. The van der Waals surface area contributed by atoms with E-state index in [1.54, 1.807) is 19.1 Å². The molecule has 3 heteroatoms. The molecule has 15 heavy (non-hydrogen) atoms. The van der Waals surface area contributed by atoms with Gasteiger partial charge in [0.15, 0.2) is 0 Å². The Morgan fingerprint density at radius 2 is 2.00 bits per heavy atom. The van der Waals surface area contributed by atoms with Crippen molar-refractivity contribution in [1.29, 1.82) is 0 Å². The van der Waals surface area contributed by atoms with E-state index in [0.29, 0.717) is 12.1 Å². The fourth-order valence-electron chi connectivity index (χ4n) is 1.62. The highest BCUT2D eigenvalue weighted by molar-refractivity contribution is 5.33. The van der Waals surface area contributed by atoms with Gasteiger partial charge >= 0.3 is 0 Å². The predicted octanol–water partition coefficient (Wildman–Crippen LogP) is 3.38. The van der Waals surface area contributed by atoms with Gasteiger partial charge < -0.3 is 5.73 Å². The van der Waals surface area contributed by atoms with Gasteiger partial charge in [-0.15, -0.1) is 0 Å². The van der Waals surface area contributed by atoms with E-state index >= 15 is 0 Å². The number of nitrogens with two attached hydrogens (primary N) is 1. The summed E-state index contributed by atoms with van der Waals surface area (Å²) in [7, 11) is 0. The lowest BCUT2D eigenvalue weighted by Crippen LogP contribution is -2.05. The van der Waals surface area contributed by atoms with E-state index < -0.39 is 6.43 Å². The number of rotatable bonds is 4. The van der Waals surface area contributed by atoms with Crippen molar-refractivity contribution in [2.24, 2.45) is 5.73 Å². The summed E-state index contributed by atoms with van der Waals surface area (Å²) in [4.78, 5) is 0. The van der Waals surface area contributed by atoms with E-state index in [9.17, 15) is 8.78 Å². The summed E-state index contributed by atoms with van der Waals surface area (Å²) in [5.41, 5.74) is 7.17. The maximum Gasteiger partial charge on any atom is 0.264 e. The van der Waals surface area contributed by atoms with Gasteiger partial charge in [0.1, 0.15) is 0 Å². The number of aryl methyl sites for hydroxylation is 1. The molecule has 0 bridgehead atoms. The van der Waals surface area contributed by atoms with Crippen LogP contribution in [0.15, 0.2) is 18.2 Å². The van der Waals surface area contributed by atoms with Gasteiger partial charge in [0.25, 0.3) is 6.43 Å². The minimum absolute atomic E-state index is 0.136. The van der Waals surface area contributed by atoms with Gasteiger partial charge in [-0.05, 0) is 43.0 Å². The zero-order valence-electron chi connectivity index (χ0n) is 9.13. The quantitative estimate of drug-likeness (QED) is 0.815. The molecule has 0 radical (unpaired) electrons. The van der Waals surface area contributed by atoms with E-state index in [-0.39, 0.29) is 11.5 Å². The smallest absolute Gasteiger partial charge is 0.264 e. The molecule has 1 unspecified atom stereocenters. The number of benzene rings is 1. The van der Waals surface area contributed by atoms with Crippen LogP contribution in [0.1, 0.15) is 42.4 Å². The Morgan fingerprint density at radius 3 is 2.53 bits per heavy atom. The molecular weight excluding hydrogens is 196 g/mol. The van der Waals surface area contributed by atoms with Crippen molar-refractivity contribution in [3.63, 3.8) is 0 Å². The monoisotopic (exact) mass is 213 g/mol. The maximum absolute atomic E-state index is 12.6. The van der Waals surface area contributed by atoms with Gasteiger partial charge in [-0.1, -0.05) is 19.1 Å². The first-order valence-corrected chi connectivity index (χ1v) is 5.15. The van der Waals surface area contributed by atoms with Crippen LogP contribution in [0, 0.1) is 6.92 Å². The van der Waals surface area contributed by atoms with E-state index in [1.165, 1.54) is 0 Å². The number of hydrogen-bond acceptors (Lipinski definition) is 1. The van der Waals surface area contributed by atoms with E-state index in [1.807, 2.05) is 13.0 Å². The summed E-state index contributed by atoms with van der Waals surface area (Å²) in [6.45, 7) is 4.30. The summed E-state index contributed by atoms with van der Waals surface area (Å²) in [6.07, 6.45) is -1.57. The van der Waals surface area contributed by atoms with Crippen LogP contribution >= 0.6 is 0 Å². The first-order valence-electron chi connectivity index (χ1n) is 5.15. The van der Waals surface area contributed by atoms with Gasteiger partial charge in [-0.25, -0.2) is 8.78 Å². The molecule has 0 saturated heterocycles. The second kappa shape index (κ2) is 5.21. The third-order valence-corrected chi connectivity index (χ3v) is 2.71. The zero-order chi connectivity index (χ0) is 11.4. The van der Waals surface area contributed by atoms with E-state index in [4.69, 9.17) is 5.73 Å². The van der Waals surface area contributed by atoms with Crippen LogP contribution in [0.25, 0.3) is 0 Å². The Morgan fingerprint density at radius 1 is 1.33 bits per heavy atom. The second-order valence-corrected chi connectivity index (χ2v) is 3.90. The fraction of sp³-hybridized carbons (Fsp3) is 0.500. The molecule has 0 aliphatic carbocycles. The van der Waals surface area contributed by atoms with Crippen LogP contribution < -0.4 is 5.73 Å². The molecule has 0 aliphatic heterocycles. The third kappa shape index (κ3) is 2.99. The lowest BCUT2D eigenvalue weighted by atomic mass is 9.94. The molecule has 1 atom stereocenters. The van der Waals surface area contributed by atoms with E-state index in [2.05, 4.69) is 0 Å². The van der Waals surface area contributed by atoms with Gasteiger partial charge in [-0.3, -0.25) is 0 Å². The zero-order valence-corrected chi connectivity index (χ0v) is 9.13. The van der Waals surface area contributed by atoms with Crippen molar-refractivity contribution in [2.75, 3.05) is 6.54 Å². The van der Waals surface area contributed by atoms with Crippen LogP contribution in [0.3, 0.4) is 0 Å². The standard InChI is InChI=1S/C12H17F2N/c1-8(5-6-15)10-4-3-9(2)11(7-10)12(13)14/h3-4,7-8,12H,5-6,15H2,1-2H3. The molecule has 0 fully saturated rings. The Balaban J connectivity index is 2.96. The molecule has 2 N–H and O–H groups in total. The average Bonchev–Trinajstić information content (AvgIpc) is 2.18. The minimum Gasteiger partial charge on any atom is -0.330 e. The average molecular weight is 213 g/mol. The second-order valence-electron chi connectivity index (χ2n) is 3.90. The minimum atomic E-state index is -2.39. The molecule has 0 amide bonds.